The van der Waals surface area contributed by atoms with Crippen molar-refractivity contribution in [2.75, 3.05) is 0 Å². The van der Waals surface area contributed by atoms with Crippen molar-refractivity contribution in [1.29, 1.82) is 0 Å². The molecule has 1 aromatic heterocycles. The van der Waals surface area contributed by atoms with Crippen LogP contribution in [0.3, 0.4) is 0 Å². The Balaban J connectivity index is 2.04. The van der Waals surface area contributed by atoms with Crippen molar-refractivity contribution >= 4 is 11.3 Å². The lowest BCUT2D eigenvalue weighted by Crippen LogP contribution is -2.44. The van der Waals surface area contributed by atoms with E-state index < -0.39 is 0 Å². The van der Waals surface area contributed by atoms with Gasteiger partial charge in [-0.2, -0.15) is 0 Å². The first-order valence-corrected chi connectivity index (χ1v) is 7.04. The van der Waals surface area contributed by atoms with Gasteiger partial charge in [0.15, 0.2) is 0 Å². The van der Waals surface area contributed by atoms with Crippen molar-refractivity contribution in [2.45, 2.75) is 64.3 Å². The van der Waals surface area contributed by atoms with E-state index in [1.165, 1.54) is 0 Å². The van der Waals surface area contributed by atoms with Crippen molar-refractivity contribution in [3.05, 3.63) is 16.6 Å². The second kappa shape index (κ2) is 4.34. The van der Waals surface area contributed by atoms with Crippen LogP contribution in [0.1, 0.15) is 52.1 Å². The van der Waals surface area contributed by atoms with E-state index in [1.807, 2.05) is 11.6 Å². The topological polar surface area (TPSA) is 34.1 Å². The lowest BCUT2D eigenvalue weighted by Gasteiger charge is -2.29. The molecule has 1 aliphatic heterocycles. The highest BCUT2D eigenvalue weighted by Gasteiger charge is 2.46. The van der Waals surface area contributed by atoms with Gasteiger partial charge in [0.25, 0.3) is 0 Å². The third-order valence-corrected chi connectivity index (χ3v) is 4.31. The molecule has 17 heavy (non-hydrogen) atoms. The molecule has 0 spiro atoms. The Morgan fingerprint density at radius 2 is 2.18 bits per heavy atom. The van der Waals surface area contributed by atoms with Crippen LogP contribution in [0.25, 0.3) is 0 Å². The monoisotopic (exact) mass is 254 g/mol. The minimum atomic E-state index is -0.116. The number of nitrogens with one attached hydrogen (secondary N) is 1. The molecule has 4 heteroatoms. The van der Waals surface area contributed by atoms with E-state index in [2.05, 4.69) is 44.9 Å². The van der Waals surface area contributed by atoms with Gasteiger partial charge in [-0.3, -0.25) is 0 Å². The quantitative estimate of drug-likeness (QED) is 0.900. The van der Waals surface area contributed by atoms with Crippen LogP contribution in [0, 0.1) is 0 Å². The SMILES string of the molecule is CC(NC1CC(C)(C)OC1(C)C)c1nccs1. The van der Waals surface area contributed by atoms with E-state index in [4.69, 9.17) is 4.74 Å². The Hall–Kier alpha value is -0.450. The molecule has 96 valence electrons. The van der Waals surface area contributed by atoms with Crippen LogP contribution in [0.5, 0.6) is 0 Å². The Labute approximate surface area is 108 Å². The fraction of sp³-hybridized carbons (Fsp3) is 0.769. The molecule has 0 radical (unpaired) electrons. The van der Waals surface area contributed by atoms with E-state index >= 15 is 0 Å². The van der Waals surface area contributed by atoms with Gasteiger partial charge in [0.1, 0.15) is 5.01 Å². The number of nitrogens with zero attached hydrogens (tertiary/aromatic N) is 1. The molecule has 3 nitrogen and oxygen atoms in total. The van der Waals surface area contributed by atoms with Crippen molar-refractivity contribution in [2.24, 2.45) is 0 Å². The zero-order valence-electron chi connectivity index (χ0n) is 11.3. The van der Waals surface area contributed by atoms with Crippen molar-refractivity contribution in [3.8, 4) is 0 Å². The highest BCUT2D eigenvalue weighted by atomic mass is 32.1. The van der Waals surface area contributed by atoms with Gasteiger partial charge in [-0.1, -0.05) is 0 Å². The molecule has 1 aromatic rings. The molecule has 0 bridgehead atoms. The molecule has 1 fully saturated rings. The molecule has 2 atom stereocenters. The zero-order valence-corrected chi connectivity index (χ0v) is 12.1. The lowest BCUT2D eigenvalue weighted by molar-refractivity contribution is -0.0703. The van der Waals surface area contributed by atoms with Crippen molar-refractivity contribution in [1.82, 2.24) is 10.3 Å². The minimum absolute atomic E-state index is 0.0379. The van der Waals surface area contributed by atoms with Crippen LogP contribution >= 0.6 is 11.3 Å². The van der Waals surface area contributed by atoms with Crippen molar-refractivity contribution in [3.63, 3.8) is 0 Å². The molecule has 1 saturated heterocycles. The van der Waals surface area contributed by atoms with Gasteiger partial charge in [-0.15, -0.1) is 11.3 Å². The number of thiazole rings is 1. The molecule has 2 unspecified atom stereocenters. The molecule has 0 amide bonds. The smallest absolute Gasteiger partial charge is 0.109 e. The summed E-state index contributed by atoms with van der Waals surface area (Å²) in [6.45, 7) is 10.8. The first-order valence-electron chi connectivity index (χ1n) is 6.16. The van der Waals surface area contributed by atoms with Crippen LogP contribution in [0.15, 0.2) is 11.6 Å². The molecule has 0 aliphatic carbocycles. The van der Waals surface area contributed by atoms with Gasteiger partial charge < -0.3 is 10.1 Å². The number of hydrogen-bond donors (Lipinski definition) is 1. The highest BCUT2D eigenvalue weighted by Crippen LogP contribution is 2.38. The number of hydrogen-bond acceptors (Lipinski definition) is 4. The molecule has 0 aromatic carbocycles. The van der Waals surface area contributed by atoms with Gasteiger partial charge >= 0.3 is 0 Å². The minimum Gasteiger partial charge on any atom is -0.368 e. The second-order valence-electron chi connectivity index (χ2n) is 5.98. The summed E-state index contributed by atoms with van der Waals surface area (Å²) in [7, 11) is 0. The maximum Gasteiger partial charge on any atom is 0.109 e. The van der Waals surface area contributed by atoms with Crippen LogP contribution in [0.2, 0.25) is 0 Å². The Kier molecular flexibility index (Phi) is 3.31. The zero-order chi connectivity index (χ0) is 12.7. The fourth-order valence-electron chi connectivity index (χ4n) is 2.64. The largest absolute Gasteiger partial charge is 0.368 e. The van der Waals surface area contributed by atoms with Crippen LogP contribution < -0.4 is 5.32 Å². The highest BCUT2D eigenvalue weighted by molar-refractivity contribution is 7.09. The summed E-state index contributed by atoms with van der Waals surface area (Å²) in [6.07, 6.45) is 2.90. The summed E-state index contributed by atoms with van der Waals surface area (Å²) in [5, 5.41) is 6.82. The van der Waals surface area contributed by atoms with Crippen LogP contribution in [0.4, 0.5) is 0 Å². The van der Waals surface area contributed by atoms with Crippen molar-refractivity contribution < 1.29 is 4.74 Å². The first-order chi connectivity index (χ1) is 7.80. The third-order valence-electron chi connectivity index (χ3n) is 3.35. The summed E-state index contributed by atoms with van der Waals surface area (Å²) in [6, 6.07) is 0.660. The summed E-state index contributed by atoms with van der Waals surface area (Å²) in [4.78, 5) is 4.36. The molecule has 1 N–H and O–H groups in total. The van der Waals surface area contributed by atoms with Gasteiger partial charge in [0, 0.05) is 17.6 Å². The predicted molar refractivity (Wildman–Crippen MR) is 71.3 cm³/mol. The molecule has 2 rings (SSSR count). The molecule has 2 heterocycles. The molecule has 1 aliphatic rings. The van der Waals surface area contributed by atoms with E-state index in [-0.39, 0.29) is 17.2 Å². The van der Waals surface area contributed by atoms with E-state index in [0.29, 0.717) is 6.04 Å². The van der Waals surface area contributed by atoms with E-state index in [1.54, 1.807) is 11.3 Å². The Morgan fingerprint density at radius 3 is 2.65 bits per heavy atom. The summed E-state index contributed by atoms with van der Waals surface area (Å²) in [5.41, 5.74) is -0.154. The predicted octanol–water partition coefficient (Wildman–Crippen LogP) is 3.14. The first kappa shape index (κ1) is 13.0. The summed E-state index contributed by atoms with van der Waals surface area (Å²) >= 11 is 1.70. The summed E-state index contributed by atoms with van der Waals surface area (Å²) in [5.74, 6) is 0. The maximum atomic E-state index is 6.09. The average molecular weight is 254 g/mol. The Bertz CT molecular complexity index is 373. The third kappa shape index (κ3) is 2.87. The van der Waals surface area contributed by atoms with Gasteiger partial charge in [-0.05, 0) is 41.0 Å². The number of rotatable bonds is 3. The van der Waals surface area contributed by atoms with Gasteiger partial charge in [-0.25, -0.2) is 4.98 Å². The average Bonchev–Trinajstić information content (AvgIpc) is 2.72. The molecular formula is C13H22N2OS. The number of ether oxygens (including phenoxy) is 1. The van der Waals surface area contributed by atoms with Crippen LogP contribution in [-0.4, -0.2) is 22.2 Å². The fourth-order valence-corrected chi connectivity index (χ4v) is 3.30. The van der Waals surface area contributed by atoms with Gasteiger partial charge in [0.2, 0.25) is 0 Å². The Morgan fingerprint density at radius 1 is 1.47 bits per heavy atom. The summed E-state index contributed by atoms with van der Waals surface area (Å²) < 4.78 is 6.09. The van der Waals surface area contributed by atoms with E-state index in [0.717, 1.165) is 11.4 Å². The standard InChI is InChI=1S/C13H22N2OS/c1-9(11-14-6-7-17-11)15-10-8-12(2,3)16-13(10,4)5/h6-7,9-10,15H,8H2,1-5H3. The van der Waals surface area contributed by atoms with Gasteiger partial charge in [0.05, 0.1) is 17.2 Å². The number of aromatic nitrogens is 1. The van der Waals surface area contributed by atoms with Crippen LogP contribution in [-0.2, 0) is 4.74 Å². The molecule has 0 saturated carbocycles. The normalized spacial score (nSPS) is 28.2. The molecular weight excluding hydrogens is 232 g/mol. The lowest BCUT2D eigenvalue weighted by atomic mass is 9.94. The second-order valence-corrected chi connectivity index (χ2v) is 6.91. The maximum absolute atomic E-state index is 6.09. The van der Waals surface area contributed by atoms with E-state index in [9.17, 15) is 0 Å².